The van der Waals surface area contributed by atoms with Crippen molar-refractivity contribution in [1.82, 2.24) is 5.16 Å². The van der Waals surface area contributed by atoms with E-state index >= 15 is 0 Å². The van der Waals surface area contributed by atoms with Gasteiger partial charge in [0.15, 0.2) is 5.76 Å². The molecule has 3 nitrogen and oxygen atoms in total. The molecule has 1 heterocycles. The summed E-state index contributed by atoms with van der Waals surface area (Å²) in [5, 5.41) is 4.25. The summed E-state index contributed by atoms with van der Waals surface area (Å²) in [5.41, 5.74) is 7.01. The van der Waals surface area contributed by atoms with Gasteiger partial charge >= 0.3 is 0 Å². The first kappa shape index (κ1) is 9.55. The van der Waals surface area contributed by atoms with Gasteiger partial charge in [-0.25, -0.2) is 0 Å². The highest BCUT2D eigenvalue weighted by molar-refractivity contribution is 9.10. The highest BCUT2D eigenvalue weighted by Crippen LogP contribution is 2.31. The van der Waals surface area contributed by atoms with E-state index in [2.05, 4.69) is 21.1 Å². The largest absolute Gasteiger partial charge is 0.394 e. The molecule has 0 aliphatic rings. The summed E-state index contributed by atoms with van der Waals surface area (Å²) < 4.78 is 5.80. The van der Waals surface area contributed by atoms with Crippen LogP contribution in [0.2, 0.25) is 5.02 Å². The fourth-order valence-electron chi connectivity index (χ4n) is 1.10. The molecule has 0 aliphatic carbocycles. The second-order valence-corrected chi connectivity index (χ2v) is 4.00. The first-order valence-electron chi connectivity index (χ1n) is 3.84. The molecule has 2 aromatic rings. The van der Waals surface area contributed by atoms with Crippen molar-refractivity contribution in [2.45, 2.75) is 0 Å². The van der Waals surface area contributed by atoms with Crippen LogP contribution in [0.3, 0.4) is 0 Å². The molecule has 0 bridgehead atoms. The van der Waals surface area contributed by atoms with E-state index in [1.165, 1.54) is 6.20 Å². The Balaban J connectivity index is 2.53. The van der Waals surface area contributed by atoms with Crippen LogP contribution in [0.15, 0.2) is 33.4 Å². The van der Waals surface area contributed by atoms with E-state index in [4.69, 9.17) is 21.9 Å². The predicted molar refractivity (Wildman–Crippen MR) is 59.1 cm³/mol. The highest BCUT2D eigenvalue weighted by atomic mass is 79.9. The third-order valence-corrected chi connectivity index (χ3v) is 2.99. The number of nitrogen functional groups attached to an aromatic ring is 1. The first-order chi connectivity index (χ1) is 6.68. The minimum absolute atomic E-state index is 0.513. The van der Waals surface area contributed by atoms with Crippen LogP contribution >= 0.6 is 27.5 Å². The number of hydrogen-bond acceptors (Lipinski definition) is 3. The molecule has 5 heteroatoms. The van der Waals surface area contributed by atoms with Gasteiger partial charge in [0.25, 0.3) is 0 Å². The first-order valence-corrected chi connectivity index (χ1v) is 5.01. The molecular formula is C9H6BrClN2O. The number of nitrogens with two attached hydrogens (primary N) is 1. The van der Waals surface area contributed by atoms with Crippen molar-refractivity contribution in [2.24, 2.45) is 0 Å². The maximum atomic E-state index is 5.86. The van der Waals surface area contributed by atoms with E-state index < -0.39 is 0 Å². The van der Waals surface area contributed by atoms with E-state index in [-0.39, 0.29) is 0 Å². The molecule has 14 heavy (non-hydrogen) atoms. The molecule has 0 aliphatic heterocycles. The van der Waals surface area contributed by atoms with Gasteiger partial charge in [-0.3, -0.25) is 0 Å². The van der Waals surface area contributed by atoms with Crippen LogP contribution in [-0.4, -0.2) is 5.16 Å². The van der Waals surface area contributed by atoms with Gasteiger partial charge in [0.2, 0.25) is 0 Å². The molecule has 0 radical (unpaired) electrons. The molecule has 0 spiro atoms. The van der Waals surface area contributed by atoms with Gasteiger partial charge in [0.05, 0.1) is 11.2 Å². The molecule has 0 saturated carbocycles. The summed E-state index contributed by atoms with van der Waals surface area (Å²) in [6, 6.07) is 5.42. The number of rotatable bonds is 1. The highest BCUT2D eigenvalue weighted by Gasteiger charge is 2.08. The zero-order chi connectivity index (χ0) is 10.1. The maximum Gasteiger partial charge on any atom is 0.189 e. The van der Waals surface area contributed by atoms with Crippen LogP contribution in [0, 0.1) is 0 Å². The third kappa shape index (κ3) is 1.63. The van der Waals surface area contributed by atoms with Crippen molar-refractivity contribution in [2.75, 3.05) is 5.73 Å². The quantitative estimate of drug-likeness (QED) is 0.867. The van der Waals surface area contributed by atoms with Gasteiger partial charge in [-0.15, -0.1) is 0 Å². The number of anilines is 1. The van der Waals surface area contributed by atoms with E-state index in [1.807, 2.05) is 12.1 Å². The Hall–Kier alpha value is -1.000. The predicted octanol–water partition coefficient (Wildman–Crippen LogP) is 3.34. The molecule has 0 fully saturated rings. The van der Waals surface area contributed by atoms with Crippen molar-refractivity contribution < 1.29 is 4.52 Å². The molecule has 1 aromatic heterocycles. The zero-order valence-electron chi connectivity index (χ0n) is 7.00. The fourth-order valence-corrected chi connectivity index (χ4v) is 1.60. The lowest BCUT2D eigenvalue weighted by Crippen LogP contribution is -1.84. The lowest BCUT2D eigenvalue weighted by atomic mass is 10.1. The number of aromatic nitrogens is 1. The standard InChI is InChI=1S/C9H6BrClN2O/c10-6-3-5(1-2-7(6)11)9-8(12)4-13-14-9/h1-4H,12H2. The average molecular weight is 274 g/mol. The number of halogens is 2. The SMILES string of the molecule is Nc1cnoc1-c1ccc(Cl)c(Br)c1. The van der Waals surface area contributed by atoms with E-state index in [9.17, 15) is 0 Å². The number of nitrogens with zero attached hydrogens (tertiary/aromatic N) is 1. The number of hydrogen-bond donors (Lipinski definition) is 1. The van der Waals surface area contributed by atoms with Crippen molar-refractivity contribution >= 4 is 33.2 Å². The van der Waals surface area contributed by atoms with Gasteiger partial charge < -0.3 is 10.3 Å². The Morgan fingerprint density at radius 1 is 1.43 bits per heavy atom. The van der Waals surface area contributed by atoms with Gasteiger partial charge in [-0.2, -0.15) is 0 Å². The van der Waals surface area contributed by atoms with Gasteiger partial charge in [0, 0.05) is 10.0 Å². The Kier molecular flexibility index (Phi) is 2.48. The molecule has 2 rings (SSSR count). The maximum absolute atomic E-state index is 5.86. The van der Waals surface area contributed by atoms with Gasteiger partial charge in [0.1, 0.15) is 5.69 Å². The second kappa shape index (κ2) is 3.63. The third-order valence-electron chi connectivity index (χ3n) is 1.78. The minimum Gasteiger partial charge on any atom is -0.394 e. The molecule has 0 atom stereocenters. The Labute approximate surface area is 94.0 Å². The van der Waals surface area contributed by atoms with Crippen LogP contribution in [-0.2, 0) is 0 Å². The Bertz CT molecular complexity index is 470. The minimum atomic E-state index is 0.513. The molecule has 0 unspecified atom stereocenters. The van der Waals surface area contributed by atoms with Gasteiger partial charge in [-0.1, -0.05) is 16.8 Å². The summed E-state index contributed by atoms with van der Waals surface area (Å²) in [7, 11) is 0. The lowest BCUT2D eigenvalue weighted by Gasteiger charge is -1.99. The van der Waals surface area contributed by atoms with E-state index in [0.717, 1.165) is 10.0 Å². The van der Waals surface area contributed by atoms with Crippen molar-refractivity contribution in [3.8, 4) is 11.3 Å². The topological polar surface area (TPSA) is 52.0 Å². The smallest absolute Gasteiger partial charge is 0.189 e. The van der Waals surface area contributed by atoms with Crippen molar-refractivity contribution in [1.29, 1.82) is 0 Å². The number of benzene rings is 1. The molecule has 1 aromatic carbocycles. The molecular weight excluding hydrogens is 267 g/mol. The van der Waals surface area contributed by atoms with Crippen molar-refractivity contribution in [3.05, 3.63) is 33.9 Å². The summed E-state index contributed by atoms with van der Waals surface area (Å²) in [4.78, 5) is 0. The molecule has 2 N–H and O–H groups in total. The van der Waals surface area contributed by atoms with Crippen LogP contribution in [0.1, 0.15) is 0 Å². The van der Waals surface area contributed by atoms with Crippen LogP contribution < -0.4 is 5.73 Å². The average Bonchev–Trinajstić information content (AvgIpc) is 2.57. The van der Waals surface area contributed by atoms with Crippen molar-refractivity contribution in [3.63, 3.8) is 0 Å². The van der Waals surface area contributed by atoms with E-state index in [1.54, 1.807) is 6.07 Å². The molecule has 72 valence electrons. The van der Waals surface area contributed by atoms with Crippen LogP contribution in [0.5, 0.6) is 0 Å². The van der Waals surface area contributed by atoms with Crippen LogP contribution in [0.25, 0.3) is 11.3 Å². The summed E-state index contributed by atoms with van der Waals surface area (Å²) >= 11 is 9.18. The van der Waals surface area contributed by atoms with Crippen LogP contribution in [0.4, 0.5) is 5.69 Å². The molecule has 0 amide bonds. The summed E-state index contributed by atoms with van der Waals surface area (Å²) in [6.07, 6.45) is 1.47. The lowest BCUT2D eigenvalue weighted by molar-refractivity contribution is 0.432. The van der Waals surface area contributed by atoms with Gasteiger partial charge in [-0.05, 0) is 34.1 Å². The fraction of sp³-hybridized carbons (Fsp3) is 0. The summed E-state index contributed by atoms with van der Waals surface area (Å²) in [5.74, 6) is 0.558. The monoisotopic (exact) mass is 272 g/mol. The second-order valence-electron chi connectivity index (χ2n) is 2.74. The Morgan fingerprint density at radius 2 is 2.21 bits per heavy atom. The zero-order valence-corrected chi connectivity index (χ0v) is 9.34. The Morgan fingerprint density at radius 3 is 2.79 bits per heavy atom. The van der Waals surface area contributed by atoms with E-state index in [0.29, 0.717) is 16.5 Å². The normalized spacial score (nSPS) is 10.4. The molecule has 0 saturated heterocycles. The summed E-state index contributed by atoms with van der Waals surface area (Å²) in [6.45, 7) is 0.